The molecule has 0 amide bonds. The Kier molecular flexibility index (Phi) is 4.67. The Morgan fingerprint density at radius 2 is 1.84 bits per heavy atom. The van der Waals surface area contributed by atoms with Crippen LogP contribution >= 0.6 is 0 Å². The van der Waals surface area contributed by atoms with Gasteiger partial charge in [0.2, 0.25) is 0 Å². The van der Waals surface area contributed by atoms with Crippen LogP contribution in [0.3, 0.4) is 0 Å². The highest BCUT2D eigenvalue weighted by atomic mass is 16.5. The van der Waals surface area contributed by atoms with Crippen LogP contribution < -0.4 is 9.47 Å². The molecule has 0 unspecified atom stereocenters. The monoisotopic (exact) mass is 337 g/mol. The molecule has 3 heteroatoms. The van der Waals surface area contributed by atoms with Gasteiger partial charge in [-0.15, -0.1) is 0 Å². The number of hydrogen-bond donors (Lipinski definition) is 0. The van der Waals surface area contributed by atoms with Crippen molar-refractivity contribution < 1.29 is 9.47 Å². The molecule has 25 heavy (non-hydrogen) atoms. The van der Waals surface area contributed by atoms with Crippen molar-refractivity contribution in [2.24, 2.45) is 5.92 Å². The summed E-state index contributed by atoms with van der Waals surface area (Å²) in [6.45, 7) is 2.27. The summed E-state index contributed by atoms with van der Waals surface area (Å²) in [4.78, 5) is 2.70. The number of piperidine rings is 1. The molecule has 0 N–H and O–H groups in total. The lowest BCUT2D eigenvalue weighted by Crippen LogP contribution is -2.48. The van der Waals surface area contributed by atoms with Crippen molar-refractivity contribution in [3.05, 3.63) is 59.2 Å². The van der Waals surface area contributed by atoms with Gasteiger partial charge >= 0.3 is 0 Å². The lowest BCUT2D eigenvalue weighted by Gasteiger charge is -2.45. The Morgan fingerprint density at radius 1 is 1.00 bits per heavy atom. The first-order valence-electron chi connectivity index (χ1n) is 9.31. The lowest BCUT2D eigenvalue weighted by atomic mass is 9.74. The summed E-state index contributed by atoms with van der Waals surface area (Å²) < 4.78 is 11.2. The second-order valence-corrected chi connectivity index (χ2v) is 7.27. The molecule has 0 saturated carbocycles. The maximum atomic E-state index is 5.70. The van der Waals surface area contributed by atoms with Crippen LogP contribution in [0.25, 0.3) is 0 Å². The summed E-state index contributed by atoms with van der Waals surface area (Å²) in [6.07, 6.45) is 4.82. The Hall–Kier alpha value is -2.00. The fraction of sp³-hybridized carbons (Fsp3) is 0.455. The van der Waals surface area contributed by atoms with Gasteiger partial charge in [-0.3, -0.25) is 4.90 Å². The van der Waals surface area contributed by atoms with Gasteiger partial charge in [-0.05, 0) is 55.3 Å². The minimum atomic E-state index is 0.638. The summed E-state index contributed by atoms with van der Waals surface area (Å²) in [5.74, 6) is 2.52. The normalized spacial score (nSPS) is 22.8. The molecule has 4 rings (SSSR count). The van der Waals surface area contributed by atoms with E-state index in [0.717, 1.165) is 30.9 Å². The van der Waals surface area contributed by atoms with Crippen LogP contribution in [-0.4, -0.2) is 31.7 Å². The summed E-state index contributed by atoms with van der Waals surface area (Å²) in [7, 11) is 3.48. The first-order chi connectivity index (χ1) is 12.3. The van der Waals surface area contributed by atoms with E-state index in [-0.39, 0.29) is 0 Å². The SMILES string of the molecule is COc1ccc2c(c1OC)C[C@H]1CCCN(Cc3ccccc3)[C@@H]1C2. The minimum Gasteiger partial charge on any atom is -0.493 e. The van der Waals surface area contributed by atoms with E-state index < -0.39 is 0 Å². The van der Waals surface area contributed by atoms with E-state index in [9.17, 15) is 0 Å². The molecule has 0 radical (unpaired) electrons. The summed E-state index contributed by atoms with van der Waals surface area (Å²) >= 11 is 0. The van der Waals surface area contributed by atoms with Crippen molar-refractivity contribution in [3.63, 3.8) is 0 Å². The molecule has 2 atom stereocenters. The van der Waals surface area contributed by atoms with Gasteiger partial charge in [-0.25, -0.2) is 0 Å². The number of benzene rings is 2. The molecule has 3 nitrogen and oxygen atoms in total. The lowest BCUT2D eigenvalue weighted by molar-refractivity contribution is 0.0777. The van der Waals surface area contributed by atoms with Gasteiger partial charge in [0.1, 0.15) is 0 Å². The average molecular weight is 337 g/mol. The average Bonchev–Trinajstić information content (AvgIpc) is 2.66. The number of likely N-dealkylation sites (tertiary alicyclic amines) is 1. The number of nitrogens with zero attached hydrogens (tertiary/aromatic N) is 1. The van der Waals surface area contributed by atoms with Crippen LogP contribution in [0, 0.1) is 5.92 Å². The van der Waals surface area contributed by atoms with Gasteiger partial charge < -0.3 is 9.47 Å². The summed E-state index contributed by atoms with van der Waals surface area (Å²) in [5, 5.41) is 0. The van der Waals surface area contributed by atoms with E-state index in [0.29, 0.717) is 12.0 Å². The number of hydrogen-bond acceptors (Lipinski definition) is 3. The highest BCUT2D eigenvalue weighted by Crippen LogP contribution is 2.42. The fourth-order valence-electron chi connectivity index (χ4n) is 4.70. The maximum absolute atomic E-state index is 5.70. The molecule has 1 saturated heterocycles. The van der Waals surface area contributed by atoms with Gasteiger partial charge in [0.25, 0.3) is 0 Å². The molecule has 0 spiro atoms. The van der Waals surface area contributed by atoms with Crippen LogP contribution in [-0.2, 0) is 19.4 Å². The van der Waals surface area contributed by atoms with E-state index in [1.807, 2.05) is 0 Å². The van der Waals surface area contributed by atoms with Gasteiger partial charge in [0, 0.05) is 18.2 Å². The minimum absolute atomic E-state index is 0.638. The third-order valence-electron chi connectivity index (χ3n) is 5.90. The first-order valence-corrected chi connectivity index (χ1v) is 9.31. The Bertz CT molecular complexity index is 728. The van der Waals surface area contributed by atoms with Crippen LogP contribution in [0.2, 0.25) is 0 Å². The molecule has 2 aromatic carbocycles. The zero-order valence-corrected chi connectivity index (χ0v) is 15.2. The molecule has 0 bridgehead atoms. The van der Waals surface area contributed by atoms with Crippen molar-refractivity contribution in [1.82, 2.24) is 4.90 Å². The summed E-state index contributed by atoms with van der Waals surface area (Å²) in [6, 6.07) is 15.8. The van der Waals surface area contributed by atoms with Gasteiger partial charge in [0.05, 0.1) is 14.2 Å². The predicted octanol–water partition coefficient (Wildman–Crippen LogP) is 4.08. The van der Waals surface area contributed by atoms with E-state index in [4.69, 9.17) is 9.47 Å². The number of methoxy groups -OCH3 is 2. The van der Waals surface area contributed by atoms with E-state index in [2.05, 4.69) is 47.4 Å². The first kappa shape index (κ1) is 16.5. The van der Waals surface area contributed by atoms with E-state index in [1.165, 1.54) is 36.1 Å². The molecule has 132 valence electrons. The number of fused-ring (bicyclic) bond motifs is 2. The smallest absolute Gasteiger partial charge is 0.164 e. The number of rotatable bonds is 4. The van der Waals surface area contributed by atoms with Crippen molar-refractivity contribution in [2.45, 2.75) is 38.3 Å². The highest BCUT2D eigenvalue weighted by Gasteiger charge is 2.37. The van der Waals surface area contributed by atoms with Crippen molar-refractivity contribution in [1.29, 1.82) is 0 Å². The molecular formula is C22H27NO2. The quantitative estimate of drug-likeness (QED) is 0.839. The van der Waals surface area contributed by atoms with Gasteiger partial charge in [0.15, 0.2) is 11.5 Å². The maximum Gasteiger partial charge on any atom is 0.164 e. The fourth-order valence-corrected chi connectivity index (χ4v) is 4.70. The predicted molar refractivity (Wildman–Crippen MR) is 100 cm³/mol. The molecular weight excluding hydrogens is 310 g/mol. The Labute approximate surface area is 150 Å². The third kappa shape index (κ3) is 3.13. The van der Waals surface area contributed by atoms with Gasteiger partial charge in [-0.1, -0.05) is 36.4 Å². The molecule has 0 aromatic heterocycles. The number of ether oxygens (including phenoxy) is 2. The zero-order chi connectivity index (χ0) is 17.2. The molecule has 1 heterocycles. The zero-order valence-electron chi connectivity index (χ0n) is 15.2. The molecule has 2 aromatic rings. The standard InChI is InChI=1S/C22H27NO2/c1-24-21-11-10-17-14-20-18(13-19(17)22(21)25-2)9-6-12-23(20)15-16-7-4-3-5-8-16/h3-5,7-8,10-11,18,20H,6,9,12-15H2,1-2H3/t18-,20-/m1/s1. The molecule has 1 fully saturated rings. The summed E-state index contributed by atoms with van der Waals surface area (Å²) in [5.41, 5.74) is 4.21. The van der Waals surface area contributed by atoms with E-state index >= 15 is 0 Å². The Morgan fingerprint density at radius 3 is 2.60 bits per heavy atom. The topological polar surface area (TPSA) is 21.7 Å². The van der Waals surface area contributed by atoms with Crippen LogP contribution in [0.1, 0.15) is 29.5 Å². The third-order valence-corrected chi connectivity index (χ3v) is 5.90. The van der Waals surface area contributed by atoms with Gasteiger partial charge in [-0.2, -0.15) is 0 Å². The highest BCUT2D eigenvalue weighted by molar-refractivity contribution is 5.52. The van der Waals surface area contributed by atoms with Crippen molar-refractivity contribution in [3.8, 4) is 11.5 Å². The van der Waals surface area contributed by atoms with Crippen LogP contribution in [0.5, 0.6) is 11.5 Å². The largest absolute Gasteiger partial charge is 0.493 e. The van der Waals surface area contributed by atoms with Crippen molar-refractivity contribution >= 4 is 0 Å². The second-order valence-electron chi connectivity index (χ2n) is 7.27. The van der Waals surface area contributed by atoms with Crippen LogP contribution in [0.15, 0.2) is 42.5 Å². The second kappa shape index (κ2) is 7.09. The van der Waals surface area contributed by atoms with Crippen molar-refractivity contribution in [2.75, 3.05) is 20.8 Å². The Balaban J connectivity index is 1.61. The molecule has 1 aliphatic heterocycles. The molecule has 1 aliphatic carbocycles. The molecule has 2 aliphatic rings. The van der Waals surface area contributed by atoms with Crippen LogP contribution in [0.4, 0.5) is 0 Å². The van der Waals surface area contributed by atoms with E-state index in [1.54, 1.807) is 14.2 Å².